The molecule has 0 aliphatic rings. The fraction of sp³-hybridized carbons (Fsp3) is 0.647. The van der Waals surface area contributed by atoms with Crippen LogP contribution in [0, 0.1) is 0 Å². The van der Waals surface area contributed by atoms with Crippen LogP contribution >= 0.6 is 0 Å². The molecule has 0 bridgehead atoms. The molecule has 0 unspecified atom stereocenters. The van der Waals surface area contributed by atoms with Crippen molar-refractivity contribution in [2.24, 2.45) is 0 Å². The molecule has 0 radical (unpaired) electrons. The fourth-order valence-corrected chi connectivity index (χ4v) is 2.33. The van der Waals surface area contributed by atoms with Crippen molar-refractivity contribution in [3.05, 3.63) is 35.4 Å². The van der Waals surface area contributed by atoms with Gasteiger partial charge in [0.05, 0.1) is 0 Å². The molecule has 0 saturated carbocycles. The fourth-order valence-electron chi connectivity index (χ4n) is 2.33. The van der Waals surface area contributed by atoms with Crippen molar-refractivity contribution in [2.75, 3.05) is 6.54 Å². The predicted octanol–water partition coefficient (Wildman–Crippen LogP) is 4.70. The van der Waals surface area contributed by atoms with E-state index in [1.807, 2.05) is 0 Å². The minimum absolute atomic E-state index is 1.03. The van der Waals surface area contributed by atoms with E-state index in [9.17, 15) is 0 Å². The highest BCUT2D eigenvalue weighted by atomic mass is 14.8. The monoisotopic (exact) mass is 247 g/mol. The van der Waals surface area contributed by atoms with Gasteiger partial charge in [0.1, 0.15) is 0 Å². The zero-order valence-electron chi connectivity index (χ0n) is 12.2. The molecule has 0 spiro atoms. The average Bonchev–Trinajstić information content (AvgIpc) is 2.42. The van der Waals surface area contributed by atoms with Gasteiger partial charge in [0.25, 0.3) is 0 Å². The Hall–Kier alpha value is -0.820. The van der Waals surface area contributed by atoms with Gasteiger partial charge >= 0.3 is 0 Å². The lowest BCUT2D eigenvalue weighted by atomic mass is 10.1. The Labute approximate surface area is 113 Å². The summed E-state index contributed by atoms with van der Waals surface area (Å²) in [5, 5.41) is 3.57. The maximum Gasteiger partial charge on any atom is 0.0208 e. The highest BCUT2D eigenvalue weighted by Crippen LogP contribution is 2.09. The van der Waals surface area contributed by atoms with E-state index in [0.717, 1.165) is 19.5 Å². The lowest BCUT2D eigenvalue weighted by Crippen LogP contribution is -2.15. The summed E-state index contributed by atoms with van der Waals surface area (Å²) < 4.78 is 0. The van der Waals surface area contributed by atoms with Crippen LogP contribution in [0.4, 0.5) is 0 Å². The summed E-state index contributed by atoms with van der Waals surface area (Å²) >= 11 is 0. The predicted molar refractivity (Wildman–Crippen MR) is 80.9 cm³/mol. The van der Waals surface area contributed by atoms with Crippen LogP contribution in [0.3, 0.4) is 0 Å². The van der Waals surface area contributed by atoms with Crippen molar-refractivity contribution in [2.45, 2.75) is 65.3 Å². The molecule has 1 rings (SSSR count). The molecule has 0 amide bonds. The van der Waals surface area contributed by atoms with Crippen molar-refractivity contribution >= 4 is 0 Å². The molecule has 1 nitrogen and oxygen atoms in total. The third kappa shape index (κ3) is 6.20. The van der Waals surface area contributed by atoms with E-state index in [2.05, 4.69) is 43.4 Å². The van der Waals surface area contributed by atoms with Gasteiger partial charge in [-0.05, 0) is 30.5 Å². The van der Waals surface area contributed by atoms with E-state index < -0.39 is 0 Å². The Kier molecular flexibility index (Phi) is 8.58. The second-order valence-electron chi connectivity index (χ2n) is 5.07. The first-order valence-corrected chi connectivity index (χ1v) is 7.66. The van der Waals surface area contributed by atoms with Gasteiger partial charge in [0, 0.05) is 6.54 Å². The molecule has 1 aromatic rings. The molecule has 0 aromatic heterocycles. The van der Waals surface area contributed by atoms with E-state index in [1.54, 1.807) is 0 Å². The zero-order chi connectivity index (χ0) is 13.1. The normalized spacial score (nSPS) is 10.8. The molecule has 1 aromatic carbocycles. The number of unbranched alkanes of at least 4 members (excludes halogenated alkanes) is 5. The third-order valence-corrected chi connectivity index (χ3v) is 3.52. The lowest BCUT2D eigenvalue weighted by molar-refractivity contribution is 0.571. The summed E-state index contributed by atoms with van der Waals surface area (Å²) in [4.78, 5) is 0. The van der Waals surface area contributed by atoms with Crippen LogP contribution in [0.5, 0.6) is 0 Å². The Morgan fingerprint density at radius 2 is 1.50 bits per heavy atom. The van der Waals surface area contributed by atoms with Gasteiger partial charge < -0.3 is 5.32 Å². The maximum absolute atomic E-state index is 3.57. The maximum atomic E-state index is 3.57. The summed E-state index contributed by atoms with van der Waals surface area (Å²) in [5.41, 5.74) is 2.94. The zero-order valence-corrected chi connectivity index (χ0v) is 12.2. The number of hydrogen-bond acceptors (Lipinski definition) is 1. The van der Waals surface area contributed by atoms with Crippen molar-refractivity contribution < 1.29 is 0 Å². The Bertz CT molecular complexity index is 306. The number of aryl methyl sites for hydroxylation is 1. The van der Waals surface area contributed by atoms with Crippen LogP contribution in [-0.4, -0.2) is 6.54 Å². The number of nitrogens with one attached hydrogen (secondary N) is 1. The highest BCUT2D eigenvalue weighted by Gasteiger charge is 1.98. The smallest absolute Gasteiger partial charge is 0.0208 e. The number of rotatable bonds is 10. The van der Waals surface area contributed by atoms with Gasteiger partial charge in [-0.25, -0.2) is 0 Å². The lowest BCUT2D eigenvalue weighted by Gasteiger charge is -2.09. The molecule has 0 atom stereocenters. The Morgan fingerprint density at radius 1 is 0.833 bits per heavy atom. The molecule has 0 aliphatic heterocycles. The van der Waals surface area contributed by atoms with Crippen LogP contribution in [0.1, 0.15) is 63.5 Å². The van der Waals surface area contributed by atoms with Gasteiger partial charge in [0.15, 0.2) is 0 Å². The second kappa shape index (κ2) is 10.1. The molecule has 1 N–H and O–H groups in total. The minimum atomic E-state index is 1.03. The third-order valence-electron chi connectivity index (χ3n) is 3.52. The van der Waals surface area contributed by atoms with E-state index in [1.165, 1.54) is 49.7 Å². The molecule has 0 saturated heterocycles. The summed E-state index contributed by atoms with van der Waals surface area (Å²) in [7, 11) is 0. The van der Waals surface area contributed by atoms with Crippen LogP contribution in [0.25, 0.3) is 0 Å². The quantitative estimate of drug-likeness (QED) is 0.591. The largest absolute Gasteiger partial charge is 0.313 e. The van der Waals surface area contributed by atoms with Crippen molar-refractivity contribution in [1.29, 1.82) is 0 Å². The van der Waals surface area contributed by atoms with Crippen molar-refractivity contribution in [3.63, 3.8) is 0 Å². The van der Waals surface area contributed by atoms with Crippen molar-refractivity contribution in [3.8, 4) is 0 Å². The highest BCUT2D eigenvalue weighted by molar-refractivity contribution is 5.26. The molecule has 102 valence electrons. The molecule has 0 fully saturated rings. The number of benzene rings is 1. The average molecular weight is 247 g/mol. The van der Waals surface area contributed by atoms with Gasteiger partial charge in [-0.3, -0.25) is 0 Å². The van der Waals surface area contributed by atoms with E-state index in [4.69, 9.17) is 0 Å². The van der Waals surface area contributed by atoms with Crippen LogP contribution < -0.4 is 5.32 Å². The van der Waals surface area contributed by atoms with Gasteiger partial charge in [0.2, 0.25) is 0 Å². The summed E-state index contributed by atoms with van der Waals surface area (Å²) in [6.45, 7) is 6.68. The molecular weight excluding hydrogens is 218 g/mol. The first-order valence-electron chi connectivity index (χ1n) is 7.66. The summed E-state index contributed by atoms with van der Waals surface area (Å²) in [6, 6.07) is 8.76. The Morgan fingerprint density at radius 3 is 2.22 bits per heavy atom. The summed E-state index contributed by atoms with van der Waals surface area (Å²) in [6.07, 6.45) is 9.38. The minimum Gasteiger partial charge on any atom is -0.313 e. The first-order chi connectivity index (χ1) is 8.88. The van der Waals surface area contributed by atoms with Gasteiger partial charge in [-0.2, -0.15) is 0 Å². The second-order valence-corrected chi connectivity index (χ2v) is 5.07. The SMILES string of the molecule is CCCCCCCCNCc1ccccc1CC. The van der Waals surface area contributed by atoms with E-state index >= 15 is 0 Å². The molecule has 1 heteroatoms. The first kappa shape index (κ1) is 15.2. The molecule has 18 heavy (non-hydrogen) atoms. The van der Waals surface area contributed by atoms with Crippen LogP contribution in [-0.2, 0) is 13.0 Å². The van der Waals surface area contributed by atoms with Crippen LogP contribution in [0.2, 0.25) is 0 Å². The molecule has 0 heterocycles. The van der Waals surface area contributed by atoms with Crippen molar-refractivity contribution in [1.82, 2.24) is 5.32 Å². The van der Waals surface area contributed by atoms with E-state index in [-0.39, 0.29) is 0 Å². The number of hydrogen-bond donors (Lipinski definition) is 1. The molecule has 0 aliphatic carbocycles. The topological polar surface area (TPSA) is 12.0 Å². The molecular formula is C17H29N. The van der Waals surface area contributed by atoms with E-state index in [0.29, 0.717) is 0 Å². The summed E-state index contributed by atoms with van der Waals surface area (Å²) in [5.74, 6) is 0. The van der Waals surface area contributed by atoms with Crippen LogP contribution in [0.15, 0.2) is 24.3 Å². The van der Waals surface area contributed by atoms with Gasteiger partial charge in [-0.1, -0.05) is 70.2 Å². The standard InChI is InChI=1S/C17H29N/c1-3-5-6-7-8-11-14-18-15-17-13-10-9-12-16(17)4-2/h9-10,12-13,18H,3-8,11,14-15H2,1-2H3. The Balaban J connectivity index is 2.07. The van der Waals surface area contributed by atoms with Gasteiger partial charge in [-0.15, -0.1) is 0 Å².